The number of phenolic OH excluding ortho intramolecular Hbond substituents is 3. The Balaban J connectivity index is 1.04. The van der Waals surface area contributed by atoms with E-state index in [1.807, 2.05) is 50.2 Å². The first-order chi connectivity index (χ1) is 54.2. The number of primary amides is 1. The van der Waals surface area contributed by atoms with Crippen LogP contribution in [0.4, 0.5) is 0 Å². The summed E-state index contributed by atoms with van der Waals surface area (Å²) in [4.78, 5) is 89.2. The number of carbonyl (C=O) groups is 6. The van der Waals surface area contributed by atoms with Crippen molar-refractivity contribution in [2.75, 3.05) is 20.3 Å². The van der Waals surface area contributed by atoms with E-state index in [0.717, 1.165) is 28.8 Å². The van der Waals surface area contributed by atoms with Crippen molar-refractivity contribution in [3.63, 3.8) is 0 Å². The lowest BCUT2D eigenvalue weighted by Crippen LogP contribution is -2.65. The molecule has 7 aliphatic rings. The Labute approximate surface area is 670 Å². The quantitative estimate of drug-likeness (QED) is 0.0415. The molecule has 0 spiro atoms. The Morgan fingerprint density at radius 1 is 0.702 bits per heavy atom. The summed E-state index contributed by atoms with van der Waals surface area (Å²) < 4.78 is 39.9. The van der Waals surface area contributed by atoms with E-state index in [-0.39, 0.29) is 85.8 Å². The Bertz CT molecular complexity index is 4790. The second-order valence-corrected chi connectivity index (χ2v) is 31.3. The van der Waals surface area contributed by atoms with Crippen molar-refractivity contribution in [3.8, 4) is 68.2 Å². The van der Waals surface area contributed by atoms with E-state index in [1.54, 1.807) is 26.0 Å². The lowest BCUT2D eigenvalue weighted by atomic mass is 9.79. The smallest absolute Gasteiger partial charge is 0.237 e. The van der Waals surface area contributed by atoms with Gasteiger partial charge in [0.1, 0.15) is 65.0 Å². The molecule has 4 unspecified atom stereocenters. The fourth-order valence-electron chi connectivity index (χ4n) is 15.3. The number of aliphatic hydroxyl groups excluding tert-OH is 7. The molecule has 2 fully saturated rings. The molecule has 29 nitrogen and oxygen atoms in total. The lowest BCUT2D eigenvalue weighted by molar-refractivity contribution is -0.334. The molecule has 0 radical (unpaired) electrons. The fraction of sp³-hybridized carbons (Fsp3) is 0.402. The van der Waals surface area contributed by atoms with Gasteiger partial charge in [-0.3, -0.25) is 28.8 Å². The molecule has 606 valence electrons. The second kappa shape index (κ2) is 35.4. The number of hydrogen-bond donors (Lipinski definition) is 17. The van der Waals surface area contributed by atoms with Crippen molar-refractivity contribution in [1.82, 2.24) is 26.6 Å². The van der Waals surface area contributed by atoms with Gasteiger partial charge in [-0.05, 0) is 144 Å². The summed E-state index contributed by atoms with van der Waals surface area (Å²) >= 11 is 20.6. The lowest BCUT2D eigenvalue weighted by Gasteiger charge is -2.48. The highest BCUT2D eigenvalue weighted by Crippen LogP contribution is 2.51. The highest BCUT2D eigenvalue weighted by atomic mass is 35.5. The maximum absolute atomic E-state index is 15.8. The van der Waals surface area contributed by atoms with Crippen molar-refractivity contribution in [2.45, 2.75) is 170 Å². The molecule has 114 heavy (non-hydrogen) atoms. The number of carbonyl (C=O) groups excluding carboxylic acids is 6. The first-order valence-corrected chi connectivity index (χ1v) is 38.2. The third-order valence-electron chi connectivity index (χ3n) is 21.5. The fourth-order valence-corrected chi connectivity index (χ4v) is 15.8. The van der Waals surface area contributed by atoms with Crippen molar-refractivity contribution in [3.05, 3.63) is 176 Å². The highest BCUT2D eigenvalue weighted by molar-refractivity contribution is 6.32. The van der Waals surface area contributed by atoms with Crippen LogP contribution in [0.15, 0.2) is 127 Å². The molecule has 11 bridgehead atoms. The summed E-state index contributed by atoms with van der Waals surface area (Å²) in [6, 6.07) is 24.7. The molecule has 18 atom stereocenters. The molecular weight excluding hydrogens is 1540 g/mol. The summed E-state index contributed by atoms with van der Waals surface area (Å²) in [7, 11) is 1.52. The Hall–Kier alpha value is -9.38. The monoisotopic (exact) mass is 1630 g/mol. The second-order valence-electron chi connectivity index (χ2n) is 30.1. The third-order valence-corrected chi connectivity index (χ3v) is 22.4. The molecule has 18 N–H and O–H groups in total. The summed E-state index contributed by atoms with van der Waals surface area (Å²) in [6.45, 7) is 5.45. The summed E-state index contributed by atoms with van der Waals surface area (Å²) in [5, 5.41) is 142. The van der Waals surface area contributed by atoms with Crippen molar-refractivity contribution in [2.24, 2.45) is 23.5 Å². The molecule has 7 heterocycles. The SMILES string of the molecule is CN[C@H](CC(C)C)C(=O)N[C@H]1C(=O)C[C@@H](CC(N)=O)C(=O)N[C@H]2C(=N)C[C@@H]3C(=O)C[C@H](C(=O)N[C@H](CO)c4cc(O)cc(O)c4-c4cc3ccc4O)[C@H](O)c3ccc(c(Cl)c3)Oc3cc2cc(c3OC2OC(CO)C(O)[C@H](O)[C@H]2O[C@H]2CC(C)(NCc3ccc(-c4ccc(Cl)cc4)cc3)[C@H](O)[C@H](C)O2)Oc2ccc(cc2Cl)[C@H]1O. The van der Waals surface area contributed by atoms with Crippen LogP contribution in [0, 0.1) is 23.2 Å². The molecular formula is C82H90Cl3N7O22. The number of ketones is 2. The minimum absolute atomic E-state index is 0.00812. The van der Waals surface area contributed by atoms with Gasteiger partial charge in [-0.15, -0.1) is 0 Å². The van der Waals surface area contributed by atoms with Crippen LogP contribution in [0.2, 0.25) is 15.1 Å². The van der Waals surface area contributed by atoms with Gasteiger partial charge >= 0.3 is 0 Å². The van der Waals surface area contributed by atoms with Gasteiger partial charge in [-0.2, -0.15) is 0 Å². The first-order valence-electron chi connectivity index (χ1n) is 37.1. The number of aliphatic hydroxyl groups is 7. The van der Waals surface area contributed by atoms with E-state index < -0.39 is 223 Å². The van der Waals surface area contributed by atoms with Gasteiger partial charge < -0.3 is 117 Å². The van der Waals surface area contributed by atoms with Gasteiger partial charge in [-0.25, -0.2) is 0 Å². The molecule has 0 aliphatic carbocycles. The average Bonchev–Trinajstić information content (AvgIpc) is 0.755. The number of amides is 4. The molecule has 7 aromatic rings. The number of nitrogens with one attached hydrogen (secondary N) is 6. The summed E-state index contributed by atoms with van der Waals surface area (Å²) in [6.07, 6.45) is -20.1. The number of ether oxygens (including phenoxy) is 6. The molecule has 32 heteroatoms. The van der Waals surface area contributed by atoms with Crippen molar-refractivity contribution < 1.29 is 108 Å². The molecule has 0 aromatic heterocycles. The van der Waals surface area contributed by atoms with Crippen LogP contribution in [0.1, 0.15) is 130 Å². The van der Waals surface area contributed by atoms with Gasteiger partial charge in [0.2, 0.25) is 35.7 Å². The van der Waals surface area contributed by atoms with Crippen LogP contribution in [-0.4, -0.2) is 179 Å². The van der Waals surface area contributed by atoms with Crippen molar-refractivity contribution >= 4 is 75.7 Å². The molecule has 7 aliphatic heterocycles. The Morgan fingerprint density at radius 3 is 1.94 bits per heavy atom. The van der Waals surface area contributed by atoms with Gasteiger partial charge in [0.05, 0.1) is 71.5 Å². The maximum Gasteiger partial charge on any atom is 0.237 e. The highest BCUT2D eigenvalue weighted by Gasteiger charge is 2.52. The van der Waals surface area contributed by atoms with E-state index in [0.29, 0.717) is 5.02 Å². The van der Waals surface area contributed by atoms with E-state index in [2.05, 4.69) is 26.6 Å². The van der Waals surface area contributed by atoms with Crippen LogP contribution in [0.25, 0.3) is 22.3 Å². The number of phenols is 3. The van der Waals surface area contributed by atoms with Crippen LogP contribution >= 0.6 is 34.8 Å². The first kappa shape index (κ1) is 84.0. The number of halogens is 3. The molecule has 7 aromatic carbocycles. The van der Waals surface area contributed by atoms with E-state index in [4.69, 9.17) is 69.0 Å². The zero-order chi connectivity index (χ0) is 82.0. The standard InChI is InChI=1S/C82H90Cl3N7O22/c1-36(2)20-55(88-5)80(108)92-70-60(99)24-45(27-66(87)100)78(106)91-69-44-25-63(110-61-18-13-42(22-52(61)84)71(101)51-31-58(97)48(30-54(69)86)41-12-17-57(96)50(21-41)68-49(28-47(95)29-59(68)98)56(34-93)90-79(51)107)75(64(26-44)111-62-19-14-43(72(70)102)23-53(62)85)114-81-76(74(104)73(103)65(35-94)112-81)113-67-32-82(4,77(105)37(3)109-67)89-33-38-6-8-39(9-7-38)40-10-15-46(83)16-11-40/h6-19,21-23,25-26,28-29,36-37,45,48,51,55-56,65,67,69-74,76-77,81,86,88-89,93-96,98,101-105H,20,24,27,30-35H2,1-5H3,(H2,87,100)(H,90,107)(H,91,106)(H,92,108)/t37-,45-,48-,51-,55+,56+,65?,67-,69+,70-,71+,72+,73?,74-,76+,77+,81?,82?/m0/s1. The van der Waals surface area contributed by atoms with Crippen LogP contribution in [0.3, 0.4) is 0 Å². The van der Waals surface area contributed by atoms with Gasteiger partial charge in [0.15, 0.2) is 29.7 Å². The topological polar surface area (TPSA) is 470 Å². The van der Waals surface area contributed by atoms with E-state index in [9.17, 15) is 66.1 Å². The zero-order valence-electron chi connectivity index (χ0n) is 62.5. The summed E-state index contributed by atoms with van der Waals surface area (Å²) in [5.74, 6) is -14.9. The Kier molecular flexibility index (Phi) is 26.1. The van der Waals surface area contributed by atoms with E-state index >= 15 is 19.2 Å². The number of likely N-dealkylation sites (N-methyl/N-ethyl adjacent to an activating group) is 1. The number of hydrogen-bond acceptors (Lipinski definition) is 25. The van der Waals surface area contributed by atoms with Crippen LogP contribution in [-0.2, 0) is 49.5 Å². The van der Waals surface area contributed by atoms with Gasteiger partial charge in [0.25, 0.3) is 0 Å². The van der Waals surface area contributed by atoms with Crippen LogP contribution in [0.5, 0.6) is 46.0 Å². The van der Waals surface area contributed by atoms with Gasteiger partial charge in [0, 0.05) is 78.0 Å². The third kappa shape index (κ3) is 18.3. The largest absolute Gasteiger partial charge is 0.508 e. The molecule has 2 saturated heterocycles. The number of aromatic hydroxyl groups is 3. The Morgan fingerprint density at radius 2 is 1.33 bits per heavy atom. The van der Waals surface area contributed by atoms with Crippen LogP contribution < -0.4 is 46.5 Å². The zero-order valence-corrected chi connectivity index (χ0v) is 64.7. The molecule has 14 rings (SSSR count). The number of Topliss-reactive ketones (excluding diaryl/α,β-unsaturated/α-hetero) is 2. The minimum atomic E-state index is -2.01. The number of nitrogens with two attached hydrogens (primary N) is 1. The van der Waals surface area contributed by atoms with E-state index in [1.165, 1.54) is 73.8 Å². The number of benzene rings is 7. The number of fused-ring (bicyclic) bond motifs is 15. The minimum Gasteiger partial charge on any atom is -0.508 e. The van der Waals surface area contributed by atoms with Gasteiger partial charge in [-0.1, -0.05) is 103 Å². The predicted molar refractivity (Wildman–Crippen MR) is 415 cm³/mol. The normalized spacial score (nSPS) is 27.6. The predicted octanol–water partition coefficient (Wildman–Crippen LogP) is 7.68. The summed E-state index contributed by atoms with van der Waals surface area (Å²) in [5.41, 5.74) is 5.84. The average molecular weight is 1630 g/mol. The van der Waals surface area contributed by atoms with Crippen molar-refractivity contribution in [1.29, 1.82) is 5.41 Å². The number of rotatable bonds is 17. The molecule has 0 saturated carbocycles. The maximum atomic E-state index is 15.8. The molecule has 4 amide bonds.